The summed E-state index contributed by atoms with van der Waals surface area (Å²) in [7, 11) is 0. The van der Waals surface area contributed by atoms with Gasteiger partial charge in [0.1, 0.15) is 22.6 Å². The van der Waals surface area contributed by atoms with E-state index in [0.29, 0.717) is 11.6 Å². The fourth-order valence-corrected chi connectivity index (χ4v) is 10.7. The van der Waals surface area contributed by atoms with E-state index in [9.17, 15) is 0 Å². The first kappa shape index (κ1) is 41.9. The molecule has 302 valence electrons. The summed E-state index contributed by atoms with van der Waals surface area (Å²) in [6, 6.07) is 20.3. The van der Waals surface area contributed by atoms with Crippen LogP contribution in [0.1, 0.15) is 136 Å². The molecule has 0 atom stereocenters. The van der Waals surface area contributed by atoms with Gasteiger partial charge in [-0.3, -0.25) is 0 Å². The predicted octanol–water partition coefficient (Wildman–Crippen LogP) is 15.7. The quantitative estimate of drug-likeness (QED) is 0.0464. The number of hydrogen-bond donors (Lipinski definition) is 2. The van der Waals surface area contributed by atoms with E-state index in [1.165, 1.54) is 130 Å². The molecule has 6 nitrogen and oxygen atoms in total. The zero-order chi connectivity index (χ0) is 39.2. The molecule has 0 unspecified atom stereocenters. The van der Waals surface area contributed by atoms with Gasteiger partial charge in [0.15, 0.2) is 11.6 Å². The van der Waals surface area contributed by atoms with E-state index in [1.807, 2.05) is 35.3 Å². The van der Waals surface area contributed by atoms with Crippen molar-refractivity contribution < 1.29 is 0 Å². The maximum Gasteiger partial charge on any atom is 0.164 e. The van der Waals surface area contributed by atoms with Gasteiger partial charge in [-0.1, -0.05) is 117 Å². The highest BCUT2D eigenvalue weighted by Crippen LogP contribution is 2.39. The van der Waals surface area contributed by atoms with Crippen LogP contribution in [0.4, 0.5) is 0 Å². The molecule has 0 amide bonds. The predicted molar refractivity (Wildman–Crippen MR) is 251 cm³/mol. The minimum absolute atomic E-state index is 0.697. The topological polar surface area (TPSA) is 83.1 Å². The summed E-state index contributed by atoms with van der Waals surface area (Å²) in [5.41, 5.74) is 5.27. The van der Waals surface area contributed by atoms with Gasteiger partial charge in [-0.05, 0) is 91.1 Å². The Hall–Kier alpha value is -3.27. The van der Waals surface area contributed by atoms with Gasteiger partial charge < -0.3 is 9.97 Å². The van der Waals surface area contributed by atoms with Crippen LogP contribution in [0.5, 0.6) is 0 Å². The fourth-order valence-electron chi connectivity index (χ4n) is 7.80. The number of benzene rings is 3. The third kappa shape index (κ3) is 11.1. The molecule has 0 saturated carbocycles. The molecule has 0 spiro atoms. The van der Waals surface area contributed by atoms with Crippen molar-refractivity contribution in [2.45, 2.75) is 151 Å². The second kappa shape index (κ2) is 21.7. The summed E-state index contributed by atoms with van der Waals surface area (Å²) < 4.78 is 0. The molecule has 3 aromatic carbocycles. The fraction of sp³-hybridized carbons (Fsp3) is 0.500. The molecule has 6 aromatic rings. The molecule has 4 heterocycles. The van der Waals surface area contributed by atoms with Gasteiger partial charge in [0, 0.05) is 47.4 Å². The molecule has 1 aliphatic heterocycles. The Morgan fingerprint density at radius 2 is 0.754 bits per heavy atom. The first-order valence-electron chi connectivity index (χ1n) is 22.1. The average Bonchev–Trinajstić information content (AvgIpc) is 3.87. The maximum atomic E-state index is 5.30. The van der Waals surface area contributed by atoms with Crippen molar-refractivity contribution in [2.24, 2.45) is 0 Å². The highest BCUT2D eigenvalue weighted by atomic mass is 32.2. The first-order valence-corrected chi connectivity index (χ1v) is 25.1. The summed E-state index contributed by atoms with van der Waals surface area (Å²) in [6.45, 7) is 6.84. The molecule has 0 radical (unpaired) electrons. The molecule has 0 fully saturated rings. The van der Waals surface area contributed by atoms with E-state index in [-0.39, 0.29) is 0 Å². The molecular weight excluding hydrogens is 757 g/mol. The Bertz CT molecular complexity index is 2290. The minimum Gasteiger partial charge on any atom is -0.324 e. The van der Waals surface area contributed by atoms with Crippen molar-refractivity contribution in [1.29, 1.82) is 0 Å². The number of fused-ring (bicyclic) bond motifs is 15. The second-order valence-corrected chi connectivity index (χ2v) is 19.2. The minimum atomic E-state index is 0.697. The van der Waals surface area contributed by atoms with Gasteiger partial charge in [0.05, 0.1) is 0 Å². The number of nitrogens with zero attached hydrogens (tertiary/aromatic N) is 4. The maximum absolute atomic E-state index is 5.30. The van der Waals surface area contributed by atoms with Crippen LogP contribution in [0.2, 0.25) is 0 Å². The lowest BCUT2D eigenvalue weighted by molar-refractivity contribution is 0.627. The normalized spacial score (nSPS) is 12.1. The van der Waals surface area contributed by atoms with Crippen LogP contribution < -0.4 is 0 Å². The van der Waals surface area contributed by atoms with Gasteiger partial charge in [-0.2, -0.15) is 0 Å². The van der Waals surface area contributed by atoms with E-state index in [0.717, 1.165) is 72.5 Å². The molecule has 6 bridgehead atoms. The van der Waals surface area contributed by atoms with E-state index in [1.54, 1.807) is 0 Å². The highest BCUT2D eigenvalue weighted by Gasteiger charge is 2.21. The zero-order valence-electron chi connectivity index (χ0n) is 34.6. The van der Waals surface area contributed by atoms with Crippen molar-refractivity contribution in [3.8, 4) is 22.8 Å². The summed E-state index contributed by atoms with van der Waals surface area (Å²) in [4.78, 5) is 32.1. The number of nitrogens with one attached hydrogen (secondary N) is 2. The van der Waals surface area contributed by atoms with Crippen molar-refractivity contribution in [2.75, 3.05) is 17.3 Å². The number of H-pyrrole nitrogens is 2. The van der Waals surface area contributed by atoms with Crippen molar-refractivity contribution in [3.05, 3.63) is 54.6 Å². The molecule has 9 heteroatoms. The van der Waals surface area contributed by atoms with Crippen LogP contribution in [0.3, 0.4) is 0 Å². The zero-order valence-corrected chi connectivity index (χ0v) is 37.0. The first-order chi connectivity index (χ1) is 28.1. The number of hydrogen-bond acceptors (Lipinski definition) is 7. The number of unbranched alkanes of at least 4 members (excludes halogenated alkanes) is 15. The number of rotatable bonds is 24. The van der Waals surface area contributed by atoms with E-state index in [2.05, 4.69) is 85.3 Å². The number of aromatic nitrogens is 6. The standard InChI is InChI=1S/C48H62N6S3/c1-4-7-10-13-16-19-28-55-34-22-25-37-40(31-34)46-50-43(37)49-44-38-26-23-35(56-29-20-17-14-11-8-5-2)32-41(38)47(51-44)54-48-42-33-36(24-27-39(42)45(52-46)53-48)57-30-21-18-15-12-9-6-3/h22-27,31-33H,4-21,28-30H2,1-3H3,(H2,49,50,51,52,53,54). The summed E-state index contributed by atoms with van der Waals surface area (Å²) in [5.74, 6) is 4.78. The Kier molecular flexibility index (Phi) is 15.9. The molecule has 7 rings (SSSR count). The van der Waals surface area contributed by atoms with Crippen LogP contribution in [0, 0.1) is 0 Å². The molecule has 1 aliphatic rings. The van der Waals surface area contributed by atoms with Crippen LogP contribution in [0.25, 0.3) is 66.9 Å². The molecular formula is C48H62N6S3. The summed E-state index contributed by atoms with van der Waals surface area (Å²) in [5, 5.41) is 4.28. The van der Waals surface area contributed by atoms with E-state index in [4.69, 9.17) is 19.9 Å². The van der Waals surface area contributed by atoms with Crippen LogP contribution in [-0.4, -0.2) is 47.2 Å². The largest absolute Gasteiger partial charge is 0.324 e. The third-order valence-electron chi connectivity index (χ3n) is 11.1. The van der Waals surface area contributed by atoms with Crippen molar-refractivity contribution in [1.82, 2.24) is 29.9 Å². The molecule has 0 aliphatic carbocycles. The van der Waals surface area contributed by atoms with Crippen molar-refractivity contribution >= 4 is 79.4 Å². The smallest absolute Gasteiger partial charge is 0.164 e. The Labute approximate surface area is 353 Å². The number of aromatic amines is 2. The van der Waals surface area contributed by atoms with Crippen LogP contribution in [0.15, 0.2) is 69.3 Å². The Morgan fingerprint density at radius 3 is 1.23 bits per heavy atom. The Balaban J connectivity index is 1.25. The van der Waals surface area contributed by atoms with Gasteiger partial charge in [0.2, 0.25) is 0 Å². The molecule has 0 saturated heterocycles. The summed E-state index contributed by atoms with van der Waals surface area (Å²) in [6.07, 6.45) is 23.6. The van der Waals surface area contributed by atoms with Crippen LogP contribution >= 0.6 is 35.3 Å². The van der Waals surface area contributed by atoms with E-state index >= 15 is 0 Å². The molecule has 2 N–H and O–H groups in total. The van der Waals surface area contributed by atoms with Crippen molar-refractivity contribution in [3.63, 3.8) is 0 Å². The second-order valence-electron chi connectivity index (χ2n) is 15.7. The van der Waals surface area contributed by atoms with Gasteiger partial charge in [-0.25, -0.2) is 19.9 Å². The highest BCUT2D eigenvalue weighted by molar-refractivity contribution is 7.99. The lowest BCUT2D eigenvalue weighted by atomic mass is 10.1. The Morgan fingerprint density at radius 1 is 0.368 bits per heavy atom. The summed E-state index contributed by atoms with van der Waals surface area (Å²) >= 11 is 5.83. The lowest BCUT2D eigenvalue weighted by Gasteiger charge is -2.05. The third-order valence-corrected chi connectivity index (χ3v) is 14.4. The number of thioether (sulfide) groups is 3. The van der Waals surface area contributed by atoms with Gasteiger partial charge in [0.25, 0.3) is 0 Å². The van der Waals surface area contributed by atoms with Crippen LogP contribution in [-0.2, 0) is 0 Å². The van der Waals surface area contributed by atoms with E-state index < -0.39 is 0 Å². The molecule has 57 heavy (non-hydrogen) atoms. The van der Waals surface area contributed by atoms with Gasteiger partial charge >= 0.3 is 0 Å². The average molecular weight is 819 g/mol. The van der Waals surface area contributed by atoms with Gasteiger partial charge in [-0.15, -0.1) is 35.3 Å². The SMILES string of the molecule is CCCCCCCCSc1ccc2c(c1)-c1nc-2nc2[nH]c(nc3[nH]c(n1)c1cc(SCCCCCCCC)ccc31)c1ccc(SCCCCCCCC)cc21. The molecule has 3 aromatic heterocycles. The lowest BCUT2D eigenvalue weighted by Crippen LogP contribution is -1.86. The monoisotopic (exact) mass is 818 g/mol.